The normalized spacial score (nSPS) is 27.0. The van der Waals surface area contributed by atoms with Gasteiger partial charge in [0.2, 0.25) is 0 Å². The second-order valence-electron chi connectivity index (χ2n) is 16.1. The Morgan fingerprint density at radius 3 is 2.25 bits per heavy atom. The fraction of sp³-hybridized carbons (Fsp3) is 0.738. The van der Waals surface area contributed by atoms with E-state index in [0.717, 1.165) is 18.5 Å². The lowest BCUT2D eigenvalue weighted by atomic mass is 9.78. The number of ketones is 2. The van der Waals surface area contributed by atoms with Gasteiger partial charge >= 0.3 is 12.1 Å². The van der Waals surface area contributed by atoms with Crippen molar-refractivity contribution in [1.82, 2.24) is 19.7 Å². The molecule has 2 heterocycles. The van der Waals surface area contributed by atoms with Crippen molar-refractivity contribution in [2.24, 2.45) is 35.3 Å². The molecule has 1 aromatic heterocycles. The Morgan fingerprint density at radius 2 is 1.68 bits per heavy atom. The molecule has 1 aliphatic rings. The summed E-state index contributed by atoms with van der Waals surface area (Å²) in [5.74, 6) is -4.24. The summed E-state index contributed by atoms with van der Waals surface area (Å²) in [6, 6.07) is 2.69. The number of rotatable bonds is 17. The molecule has 0 unspecified atom stereocenters. The van der Waals surface area contributed by atoms with Crippen LogP contribution in [0.25, 0.3) is 5.70 Å². The summed E-state index contributed by atoms with van der Waals surface area (Å²) in [4.78, 5) is 64.1. The lowest BCUT2D eigenvalue weighted by Crippen LogP contribution is -2.49. The average Bonchev–Trinajstić information content (AvgIpc) is 3.15. The molecule has 1 fully saturated rings. The minimum atomic E-state index is -1.15. The molecule has 3 N–H and O–H groups in total. The number of carboxylic acid groups (broad SMARTS) is 1. The number of ether oxygens (including phenoxy) is 3. The molecule has 0 aromatic carbocycles. The van der Waals surface area contributed by atoms with E-state index >= 15 is 0 Å². The molecule has 10 atom stereocenters. The number of hydrogen-bond acceptors (Lipinski definition) is 11. The van der Waals surface area contributed by atoms with Crippen LogP contribution < -0.4 is 5.73 Å². The van der Waals surface area contributed by atoms with E-state index in [0.29, 0.717) is 49.5 Å². The standard InChI is InChI=1S/C42H70ClN5O8/c1-12-33-23-35(48(42(52)53)20-15-14-19-47(11)25-34(44)32-16-17-36(43)45-24-32)29(6)38(49)26(3)22-27(4)40(30(7)39(50)31(8)41(51)55-33)56-37(13-2)54-28(5)18-21-46(9)10/h16-17,24-31,33,35,37,40H,12-15,18-23,44H2,1-11H3,(H,52,53)/b34-25-/t26-,27+,28-,29-,30+,31-,33-,35+,37+,40+/m1/s1. The maximum absolute atomic E-state index is 14.3. The summed E-state index contributed by atoms with van der Waals surface area (Å²) in [5.41, 5.74) is 7.51. The van der Waals surface area contributed by atoms with Gasteiger partial charge < -0.3 is 39.8 Å². The highest BCUT2D eigenvalue weighted by Gasteiger charge is 2.41. The van der Waals surface area contributed by atoms with E-state index in [1.165, 1.54) is 4.90 Å². The van der Waals surface area contributed by atoms with E-state index in [4.69, 9.17) is 31.5 Å². The largest absolute Gasteiger partial charge is 0.465 e. The first-order valence-electron chi connectivity index (χ1n) is 20.3. The lowest BCUT2D eigenvalue weighted by molar-refractivity contribution is -0.213. The summed E-state index contributed by atoms with van der Waals surface area (Å²) in [6.07, 6.45) is 3.64. The molecule has 14 heteroatoms. The van der Waals surface area contributed by atoms with Gasteiger partial charge in [0.1, 0.15) is 23.0 Å². The van der Waals surface area contributed by atoms with Gasteiger partial charge in [-0.15, -0.1) is 0 Å². The van der Waals surface area contributed by atoms with E-state index in [-0.39, 0.29) is 36.6 Å². The van der Waals surface area contributed by atoms with Crippen molar-refractivity contribution in [2.45, 2.75) is 131 Å². The molecule has 1 aliphatic heterocycles. The van der Waals surface area contributed by atoms with E-state index in [9.17, 15) is 24.3 Å². The third-order valence-corrected chi connectivity index (χ3v) is 11.2. The Labute approximate surface area is 340 Å². The minimum absolute atomic E-state index is 0.0879. The van der Waals surface area contributed by atoms with Crippen molar-refractivity contribution in [3.8, 4) is 0 Å². The number of amides is 1. The fourth-order valence-corrected chi connectivity index (χ4v) is 7.55. The SMILES string of the molecule is CC[C@@H]1C[C@H](N(CCCCN(C)/C=C(\N)c2ccc(Cl)nc2)C(=O)O)[C@@H](C)C(=O)[C@H](C)C[C@H](C)[C@H](O[C@@H](CC)O[C@H](C)CCN(C)C)[C@@H](C)C(=O)[C@@H](C)C(=O)O1. The number of Topliss-reactive ketones (excluding diaryl/α,β-unsaturated/α-hetero) is 2. The predicted molar refractivity (Wildman–Crippen MR) is 220 cm³/mol. The zero-order chi connectivity index (χ0) is 42.3. The highest BCUT2D eigenvalue weighted by Crippen LogP contribution is 2.32. The van der Waals surface area contributed by atoms with Crippen LogP contribution >= 0.6 is 11.6 Å². The molecular formula is C42H70ClN5O8. The molecule has 318 valence electrons. The number of nitrogens with zero attached hydrogens (tertiary/aromatic N) is 4. The molecule has 13 nitrogen and oxygen atoms in total. The third-order valence-electron chi connectivity index (χ3n) is 11.0. The second-order valence-corrected chi connectivity index (χ2v) is 16.5. The zero-order valence-electron chi connectivity index (χ0n) is 35.7. The van der Waals surface area contributed by atoms with Crippen molar-refractivity contribution >= 4 is 40.9 Å². The van der Waals surface area contributed by atoms with Gasteiger partial charge in [0.05, 0.1) is 17.9 Å². The van der Waals surface area contributed by atoms with Gasteiger partial charge in [0, 0.05) is 68.3 Å². The number of cyclic esters (lactones) is 1. The smallest absolute Gasteiger partial charge is 0.407 e. The van der Waals surface area contributed by atoms with E-state index in [1.807, 2.05) is 60.7 Å². The van der Waals surface area contributed by atoms with Crippen LogP contribution in [0.3, 0.4) is 0 Å². The van der Waals surface area contributed by atoms with E-state index in [1.54, 1.807) is 45.3 Å². The Balaban J connectivity index is 2.34. The number of carbonyl (C=O) groups excluding carboxylic acids is 3. The zero-order valence-corrected chi connectivity index (χ0v) is 36.5. The first kappa shape index (κ1) is 48.9. The number of halogens is 1. The summed E-state index contributed by atoms with van der Waals surface area (Å²) < 4.78 is 18.8. The summed E-state index contributed by atoms with van der Waals surface area (Å²) in [7, 11) is 5.89. The Morgan fingerprint density at radius 1 is 1.02 bits per heavy atom. The van der Waals surface area contributed by atoms with Crippen LogP contribution in [0, 0.1) is 29.6 Å². The maximum atomic E-state index is 14.3. The number of nitrogens with two attached hydrogens (primary N) is 1. The van der Waals surface area contributed by atoms with Gasteiger partial charge in [-0.05, 0) is 91.1 Å². The van der Waals surface area contributed by atoms with Gasteiger partial charge in [0.25, 0.3) is 0 Å². The molecule has 0 spiro atoms. The van der Waals surface area contributed by atoms with Crippen LogP contribution in [0.2, 0.25) is 5.15 Å². The third kappa shape index (κ3) is 15.2. The lowest BCUT2D eigenvalue weighted by Gasteiger charge is -2.38. The average molecular weight is 809 g/mol. The van der Waals surface area contributed by atoms with Gasteiger partial charge in [-0.1, -0.05) is 53.1 Å². The van der Waals surface area contributed by atoms with Crippen LogP contribution in [-0.2, 0) is 28.6 Å². The topological polar surface area (TPSA) is 165 Å². The fourth-order valence-electron chi connectivity index (χ4n) is 7.44. The number of aromatic nitrogens is 1. The van der Waals surface area contributed by atoms with Crippen LogP contribution in [0.1, 0.15) is 106 Å². The molecular weight excluding hydrogens is 738 g/mol. The Hall–Kier alpha value is -3.26. The Kier molecular flexibility index (Phi) is 20.8. The second kappa shape index (κ2) is 23.8. The van der Waals surface area contributed by atoms with Crippen molar-refractivity contribution in [3.05, 3.63) is 35.2 Å². The summed E-state index contributed by atoms with van der Waals surface area (Å²) in [5, 5.41) is 10.9. The number of carbonyl (C=O) groups is 4. The van der Waals surface area contributed by atoms with E-state index in [2.05, 4.69) is 9.88 Å². The monoisotopic (exact) mass is 807 g/mol. The number of pyridine rings is 1. The van der Waals surface area contributed by atoms with E-state index < -0.39 is 60.3 Å². The van der Waals surface area contributed by atoms with Crippen LogP contribution in [0.15, 0.2) is 24.5 Å². The Bertz CT molecular complexity index is 1430. The molecule has 0 bridgehead atoms. The predicted octanol–water partition coefficient (Wildman–Crippen LogP) is 6.97. The molecule has 0 radical (unpaired) electrons. The van der Waals surface area contributed by atoms with Crippen LogP contribution in [0.5, 0.6) is 0 Å². The van der Waals surface area contributed by atoms with Crippen molar-refractivity contribution in [3.63, 3.8) is 0 Å². The molecule has 0 aliphatic carbocycles. The summed E-state index contributed by atoms with van der Waals surface area (Å²) >= 11 is 5.90. The highest BCUT2D eigenvalue weighted by atomic mass is 35.5. The molecule has 2 rings (SSSR count). The van der Waals surface area contributed by atoms with Crippen LogP contribution in [-0.4, -0.2) is 120 Å². The molecule has 56 heavy (non-hydrogen) atoms. The molecule has 0 saturated carbocycles. The quantitative estimate of drug-likeness (QED) is 0.0547. The minimum Gasteiger partial charge on any atom is -0.465 e. The molecule has 1 amide bonds. The van der Waals surface area contributed by atoms with Gasteiger partial charge in [-0.25, -0.2) is 9.78 Å². The molecule has 1 saturated heterocycles. The first-order chi connectivity index (χ1) is 26.3. The van der Waals surface area contributed by atoms with Crippen molar-refractivity contribution in [2.75, 3.05) is 40.8 Å². The van der Waals surface area contributed by atoms with Gasteiger partial charge in [-0.2, -0.15) is 0 Å². The van der Waals surface area contributed by atoms with Crippen molar-refractivity contribution in [1.29, 1.82) is 0 Å². The number of unbranched alkanes of at least 4 members (excludes halogenated alkanes) is 1. The van der Waals surface area contributed by atoms with Crippen LogP contribution in [0.4, 0.5) is 4.79 Å². The first-order valence-corrected chi connectivity index (χ1v) is 20.7. The summed E-state index contributed by atoms with van der Waals surface area (Å²) in [6.45, 7) is 16.3. The maximum Gasteiger partial charge on any atom is 0.407 e. The number of esters is 1. The van der Waals surface area contributed by atoms with Gasteiger partial charge in [0.15, 0.2) is 12.1 Å². The van der Waals surface area contributed by atoms with Gasteiger partial charge in [-0.3, -0.25) is 14.4 Å². The highest BCUT2D eigenvalue weighted by molar-refractivity contribution is 6.29. The molecule has 1 aromatic rings. The number of hydrogen-bond donors (Lipinski definition) is 2. The van der Waals surface area contributed by atoms with Crippen molar-refractivity contribution < 1.29 is 38.5 Å².